The maximum atomic E-state index is 13.8. The lowest BCUT2D eigenvalue weighted by Gasteiger charge is -2.36. The Kier molecular flexibility index (Phi) is 5.85. The molecule has 0 atom stereocenters. The van der Waals surface area contributed by atoms with Gasteiger partial charge < -0.3 is 15.1 Å². The third-order valence-electron chi connectivity index (χ3n) is 7.17. The highest BCUT2D eigenvalue weighted by molar-refractivity contribution is 6.06. The first-order valence-corrected chi connectivity index (χ1v) is 12.5. The Morgan fingerprint density at radius 3 is 2.39 bits per heavy atom. The molecule has 0 bridgehead atoms. The van der Waals surface area contributed by atoms with Gasteiger partial charge in [-0.2, -0.15) is 5.10 Å². The van der Waals surface area contributed by atoms with Crippen molar-refractivity contribution >= 4 is 23.0 Å². The zero-order valence-corrected chi connectivity index (χ0v) is 20.0. The van der Waals surface area contributed by atoms with Gasteiger partial charge in [0.25, 0.3) is 5.91 Å². The maximum absolute atomic E-state index is 13.8. The van der Waals surface area contributed by atoms with E-state index in [1.165, 1.54) is 0 Å². The topological polar surface area (TPSA) is 83.4 Å². The fraction of sp³-hybridized carbons (Fsp3) is 0.286. The molecule has 4 aromatic rings. The molecule has 2 fully saturated rings. The average molecular weight is 481 g/mol. The number of hydrogen-bond donors (Lipinski definition) is 1. The lowest BCUT2D eigenvalue weighted by molar-refractivity contribution is 0.0668. The summed E-state index contributed by atoms with van der Waals surface area (Å²) in [6.07, 6.45) is 3.33. The van der Waals surface area contributed by atoms with Crippen LogP contribution >= 0.6 is 0 Å². The summed E-state index contributed by atoms with van der Waals surface area (Å²) in [5.41, 5.74) is 4.16. The first kappa shape index (κ1) is 22.3. The SMILES string of the molecule is O=C(c1cc(-c2ccccc2)nc2c1cnn2Cc1ccccc1)N1CCC(N2CCNC2=O)CC1. The fourth-order valence-corrected chi connectivity index (χ4v) is 5.24. The third-order valence-corrected chi connectivity index (χ3v) is 7.17. The largest absolute Gasteiger partial charge is 0.338 e. The predicted molar refractivity (Wildman–Crippen MR) is 138 cm³/mol. The van der Waals surface area contributed by atoms with Crippen LogP contribution < -0.4 is 5.32 Å². The fourth-order valence-electron chi connectivity index (χ4n) is 5.24. The highest BCUT2D eigenvalue weighted by Crippen LogP contribution is 2.28. The minimum Gasteiger partial charge on any atom is -0.338 e. The Labute approximate surface area is 209 Å². The van der Waals surface area contributed by atoms with Crippen LogP contribution in [0.5, 0.6) is 0 Å². The van der Waals surface area contributed by atoms with E-state index in [9.17, 15) is 9.59 Å². The summed E-state index contributed by atoms with van der Waals surface area (Å²) in [5.74, 6) is -0.0110. The van der Waals surface area contributed by atoms with Crippen molar-refractivity contribution in [1.82, 2.24) is 29.9 Å². The van der Waals surface area contributed by atoms with E-state index in [-0.39, 0.29) is 18.0 Å². The molecule has 0 saturated carbocycles. The van der Waals surface area contributed by atoms with Crippen molar-refractivity contribution in [2.75, 3.05) is 26.2 Å². The van der Waals surface area contributed by atoms with Crippen LogP contribution in [0.15, 0.2) is 72.9 Å². The first-order valence-electron chi connectivity index (χ1n) is 12.5. The van der Waals surface area contributed by atoms with E-state index in [1.54, 1.807) is 6.20 Å². The van der Waals surface area contributed by atoms with E-state index in [0.29, 0.717) is 37.4 Å². The van der Waals surface area contributed by atoms with Gasteiger partial charge >= 0.3 is 6.03 Å². The predicted octanol–water partition coefficient (Wildman–Crippen LogP) is 3.78. The Morgan fingerprint density at radius 2 is 1.69 bits per heavy atom. The standard InChI is InChI=1S/C28H28N6O2/c35-27(32-14-11-22(12-15-32)33-16-13-29-28(33)36)23-17-25(21-9-5-2-6-10-21)31-26-24(23)18-30-34(26)19-20-7-3-1-4-8-20/h1-10,17-18,22H,11-16,19H2,(H,29,36). The van der Waals surface area contributed by atoms with Gasteiger partial charge in [0.05, 0.1) is 29.4 Å². The molecule has 2 aromatic carbocycles. The van der Waals surface area contributed by atoms with Gasteiger partial charge in [-0.15, -0.1) is 0 Å². The number of piperidine rings is 1. The Bertz CT molecular complexity index is 1390. The summed E-state index contributed by atoms with van der Waals surface area (Å²) in [7, 11) is 0. The molecule has 0 aliphatic carbocycles. The maximum Gasteiger partial charge on any atom is 0.317 e. The smallest absolute Gasteiger partial charge is 0.317 e. The molecule has 3 amide bonds. The van der Waals surface area contributed by atoms with Crippen LogP contribution in [-0.4, -0.2) is 68.7 Å². The number of benzene rings is 2. The molecule has 0 unspecified atom stereocenters. The molecule has 0 spiro atoms. The van der Waals surface area contributed by atoms with Gasteiger partial charge in [-0.3, -0.25) is 4.79 Å². The van der Waals surface area contributed by atoms with E-state index in [0.717, 1.165) is 41.6 Å². The molecular weight excluding hydrogens is 452 g/mol. The summed E-state index contributed by atoms with van der Waals surface area (Å²) >= 11 is 0. The molecule has 36 heavy (non-hydrogen) atoms. The van der Waals surface area contributed by atoms with Crippen LogP contribution in [0, 0.1) is 0 Å². The molecule has 8 nitrogen and oxygen atoms in total. The van der Waals surface area contributed by atoms with Crippen molar-refractivity contribution in [3.63, 3.8) is 0 Å². The third kappa shape index (κ3) is 4.19. The summed E-state index contributed by atoms with van der Waals surface area (Å²) < 4.78 is 1.87. The number of urea groups is 1. The highest BCUT2D eigenvalue weighted by atomic mass is 16.2. The van der Waals surface area contributed by atoms with Crippen LogP contribution in [0.4, 0.5) is 4.79 Å². The van der Waals surface area contributed by atoms with Crippen molar-refractivity contribution in [1.29, 1.82) is 0 Å². The van der Waals surface area contributed by atoms with Crippen LogP contribution in [0.2, 0.25) is 0 Å². The Morgan fingerprint density at radius 1 is 0.972 bits per heavy atom. The second-order valence-electron chi connectivity index (χ2n) is 9.39. The zero-order chi connectivity index (χ0) is 24.5. The van der Waals surface area contributed by atoms with E-state index in [2.05, 4.69) is 22.5 Å². The van der Waals surface area contributed by atoms with Crippen molar-refractivity contribution in [2.45, 2.75) is 25.4 Å². The number of fused-ring (bicyclic) bond motifs is 1. The van der Waals surface area contributed by atoms with E-state index in [4.69, 9.17) is 4.98 Å². The molecule has 2 aliphatic heterocycles. The number of carbonyl (C=O) groups is 2. The van der Waals surface area contributed by atoms with Crippen molar-refractivity contribution < 1.29 is 9.59 Å². The van der Waals surface area contributed by atoms with Crippen LogP contribution in [0.3, 0.4) is 0 Å². The number of nitrogens with one attached hydrogen (secondary N) is 1. The average Bonchev–Trinajstić information content (AvgIpc) is 3.55. The molecular formula is C28H28N6O2. The number of carbonyl (C=O) groups excluding carboxylic acids is 2. The molecule has 0 radical (unpaired) electrons. The van der Waals surface area contributed by atoms with Crippen molar-refractivity contribution in [3.8, 4) is 11.3 Å². The number of nitrogens with zero attached hydrogens (tertiary/aromatic N) is 5. The molecule has 2 aromatic heterocycles. The zero-order valence-electron chi connectivity index (χ0n) is 20.0. The van der Waals surface area contributed by atoms with Gasteiger partial charge in [-0.1, -0.05) is 60.7 Å². The number of hydrogen-bond acceptors (Lipinski definition) is 4. The minimum atomic E-state index is -0.0110. The number of aromatic nitrogens is 3. The van der Waals surface area contributed by atoms with Crippen LogP contribution in [-0.2, 0) is 6.54 Å². The lowest BCUT2D eigenvalue weighted by Crippen LogP contribution is -2.47. The highest BCUT2D eigenvalue weighted by Gasteiger charge is 2.33. The van der Waals surface area contributed by atoms with Crippen LogP contribution in [0.25, 0.3) is 22.3 Å². The molecule has 6 rings (SSSR count). The van der Waals surface area contributed by atoms with E-state index < -0.39 is 0 Å². The number of pyridine rings is 1. The quantitative estimate of drug-likeness (QED) is 0.471. The van der Waals surface area contributed by atoms with Gasteiger partial charge in [0.15, 0.2) is 5.65 Å². The number of likely N-dealkylation sites (tertiary alicyclic amines) is 1. The molecule has 2 saturated heterocycles. The second kappa shape index (κ2) is 9.45. The van der Waals surface area contributed by atoms with Gasteiger partial charge in [-0.05, 0) is 24.5 Å². The monoisotopic (exact) mass is 480 g/mol. The Hall–Kier alpha value is -4.20. The Balaban J connectivity index is 1.33. The molecule has 182 valence electrons. The summed E-state index contributed by atoms with van der Waals surface area (Å²) in [6.45, 7) is 3.25. The summed E-state index contributed by atoms with van der Waals surface area (Å²) in [4.78, 5) is 34.7. The molecule has 4 heterocycles. The number of amides is 3. The minimum absolute atomic E-state index is 0.00829. The normalized spacial score (nSPS) is 16.5. The molecule has 8 heteroatoms. The molecule has 2 aliphatic rings. The molecule has 1 N–H and O–H groups in total. The van der Waals surface area contributed by atoms with Crippen molar-refractivity contribution in [3.05, 3.63) is 84.1 Å². The van der Waals surface area contributed by atoms with Crippen LogP contribution in [0.1, 0.15) is 28.8 Å². The summed E-state index contributed by atoms with van der Waals surface area (Å²) in [6, 6.07) is 22.2. The second-order valence-corrected chi connectivity index (χ2v) is 9.39. The van der Waals surface area contributed by atoms with Crippen molar-refractivity contribution in [2.24, 2.45) is 0 Å². The number of rotatable bonds is 5. The van der Waals surface area contributed by atoms with Gasteiger partial charge in [0.1, 0.15) is 0 Å². The van der Waals surface area contributed by atoms with E-state index >= 15 is 0 Å². The summed E-state index contributed by atoms with van der Waals surface area (Å²) in [5, 5.41) is 8.26. The van der Waals surface area contributed by atoms with E-state index in [1.807, 2.05) is 69.1 Å². The van der Waals surface area contributed by atoms with Gasteiger partial charge in [-0.25, -0.2) is 14.5 Å². The van der Waals surface area contributed by atoms with Gasteiger partial charge in [0.2, 0.25) is 0 Å². The van der Waals surface area contributed by atoms with Gasteiger partial charge in [0, 0.05) is 37.8 Å². The lowest BCUT2D eigenvalue weighted by atomic mass is 10.0. The first-order chi connectivity index (χ1) is 17.7.